The zero-order valence-electron chi connectivity index (χ0n) is 6.39. The van der Waals surface area contributed by atoms with Crippen LogP contribution in [0, 0.1) is 0 Å². The molecule has 4 nitrogen and oxygen atoms in total. The van der Waals surface area contributed by atoms with E-state index in [0.717, 1.165) is 0 Å². The minimum absolute atomic E-state index is 0.217. The molecule has 11 heavy (non-hydrogen) atoms. The highest BCUT2D eigenvalue weighted by Crippen LogP contribution is 2.35. The van der Waals surface area contributed by atoms with Gasteiger partial charge in [0.2, 0.25) is 0 Å². The van der Waals surface area contributed by atoms with Crippen LogP contribution < -0.4 is 0 Å². The summed E-state index contributed by atoms with van der Waals surface area (Å²) >= 11 is 0. The van der Waals surface area contributed by atoms with Crippen LogP contribution in [0.3, 0.4) is 0 Å². The molecule has 62 valence electrons. The van der Waals surface area contributed by atoms with E-state index in [9.17, 15) is 9.13 Å². The Morgan fingerprint density at radius 1 is 1.45 bits per heavy atom. The SMILES string of the molecule is C/C=C/CO[P+](=O)O[P+](C)=O. The lowest BCUT2D eigenvalue weighted by molar-refractivity contribution is 0.321. The normalized spacial score (nSPS) is 13.6. The van der Waals surface area contributed by atoms with E-state index in [4.69, 9.17) is 0 Å². The molecule has 6 heteroatoms. The monoisotopic (exact) mass is 196 g/mol. The molecular formula is C5H10O4P2+2. The van der Waals surface area contributed by atoms with Crippen LogP contribution in [-0.4, -0.2) is 13.3 Å². The van der Waals surface area contributed by atoms with E-state index in [2.05, 4.69) is 8.83 Å². The molecule has 0 spiro atoms. The highest BCUT2D eigenvalue weighted by Gasteiger charge is 2.32. The van der Waals surface area contributed by atoms with Crippen LogP contribution in [-0.2, 0) is 18.0 Å². The maximum absolute atomic E-state index is 10.6. The largest absolute Gasteiger partial charge is 0.745 e. The fraction of sp³-hybridized carbons (Fsp3) is 0.600. The molecular weight excluding hydrogens is 186 g/mol. The summed E-state index contributed by atoms with van der Waals surface area (Å²) in [4.78, 5) is 0. The van der Waals surface area contributed by atoms with Crippen molar-refractivity contribution in [1.82, 2.24) is 0 Å². The van der Waals surface area contributed by atoms with E-state index in [1.54, 1.807) is 12.2 Å². The first-order chi connectivity index (χ1) is 5.16. The Bertz CT molecular complexity index is 177. The Morgan fingerprint density at radius 2 is 2.09 bits per heavy atom. The maximum atomic E-state index is 10.6. The molecule has 0 aliphatic rings. The smallest absolute Gasteiger partial charge is 0.112 e. The van der Waals surface area contributed by atoms with Crippen LogP contribution in [0.2, 0.25) is 0 Å². The molecule has 2 unspecified atom stereocenters. The Morgan fingerprint density at radius 3 is 2.55 bits per heavy atom. The first kappa shape index (κ1) is 10.9. The average molecular weight is 196 g/mol. The first-order valence-corrected chi connectivity index (χ1v) is 5.69. The van der Waals surface area contributed by atoms with Crippen LogP contribution in [0.4, 0.5) is 0 Å². The van der Waals surface area contributed by atoms with E-state index in [-0.39, 0.29) is 6.61 Å². The minimum atomic E-state index is -2.22. The molecule has 0 amide bonds. The van der Waals surface area contributed by atoms with Crippen molar-refractivity contribution in [3.05, 3.63) is 12.2 Å². The highest BCUT2D eigenvalue weighted by molar-refractivity contribution is 7.50. The van der Waals surface area contributed by atoms with Crippen LogP contribution in [0.5, 0.6) is 0 Å². The fourth-order valence-electron chi connectivity index (χ4n) is 0.318. The average Bonchev–Trinajstić information content (AvgIpc) is 1.86. The molecule has 0 rings (SSSR count). The molecule has 0 aromatic rings. The summed E-state index contributed by atoms with van der Waals surface area (Å²) in [5.41, 5.74) is 0. The van der Waals surface area contributed by atoms with Gasteiger partial charge in [-0.05, 0) is 11.5 Å². The van der Waals surface area contributed by atoms with Gasteiger partial charge in [-0.3, -0.25) is 0 Å². The fourth-order valence-corrected chi connectivity index (χ4v) is 1.46. The quantitative estimate of drug-likeness (QED) is 0.500. The highest BCUT2D eigenvalue weighted by atomic mass is 31.2. The van der Waals surface area contributed by atoms with Gasteiger partial charge >= 0.3 is 16.3 Å². The van der Waals surface area contributed by atoms with Crippen LogP contribution in [0.25, 0.3) is 0 Å². The first-order valence-electron chi connectivity index (χ1n) is 2.97. The Kier molecular flexibility index (Phi) is 6.48. The van der Waals surface area contributed by atoms with E-state index >= 15 is 0 Å². The summed E-state index contributed by atoms with van der Waals surface area (Å²) in [6, 6.07) is 0. The number of rotatable bonds is 5. The third kappa shape index (κ3) is 7.76. The summed E-state index contributed by atoms with van der Waals surface area (Å²) in [6.45, 7) is 3.36. The van der Waals surface area contributed by atoms with Gasteiger partial charge in [-0.1, -0.05) is 12.2 Å². The molecule has 0 fully saturated rings. The van der Waals surface area contributed by atoms with Crippen molar-refractivity contribution in [2.24, 2.45) is 0 Å². The molecule has 0 radical (unpaired) electrons. The molecule has 2 atom stereocenters. The molecule has 0 aromatic carbocycles. The lowest BCUT2D eigenvalue weighted by Gasteiger charge is -1.76. The topological polar surface area (TPSA) is 52.6 Å². The zero-order chi connectivity index (χ0) is 8.69. The van der Waals surface area contributed by atoms with Gasteiger partial charge in [0.15, 0.2) is 6.66 Å². The summed E-state index contributed by atoms with van der Waals surface area (Å²) in [5.74, 6) is 0. The molecule has 0 aliphatic heterocycles. The van der Waals surface area contributed by atoms with Crippen molar-refractivity contribution in [1.29, 1.82) is 0 Å². The molecule has 0 aromatic heterocycles. The van der Waals surface area contributed by atoms with Crippen molar-refractivity contribution in [3.8, 4) is 0 Å². The second-order valence-electron chi connectivity index (χ2n) is 1.61. The van der Waals surface area contributed by atoms with E-state index < -0.39 is 16.3 Å². The Balaban J connectivity index is 3.45. The van der Waals surface area contributed by atoms with Crippen molar-refractivity contribution >= 4 is 16.3 Å². The van der Waals surface area contributed by atoms with Gasteiger partial charge in [-0.2, -0.15) is 0 Å². The predicted octanol–water partition coefficient (Wildman–Crippen LogP) is 2.63. The van der Waals surface area contributed by atoms with Gasteiger partial charge in [0.25, 0.3) is 0 Å². The maximum Gasteiger partial charge on any atom is 0.745 e. The summed E-state index contributed by atoms with van der Waals surface area (Å²) < 4.78 is 29.9. The van der Waals surface area contributed by atoms with Crippen molar-refractivity contribution in [2.75, 3.05) is 13.3 Å². The van der Waals surface area contributed by atoms with Gasteiger partial charge in [0.1, 0.15) is 10.9 Å². The summed E-state index contributed by atoms with van der Waals surface area (Å²) in [6.07, 6.45) is 3.44. The molecule has 0 saturated carbocycles. The third-order valence-corrected chi connectivity index (χ3v) is 2.51. The lowest BCUT2D eigenvalue weighted by atomic mass is 10.6. The van der Waals surface area contributed by atoms with E-state index in [0.29, 0.717) is 0 Å². The van der Waals surface area contributed by atoms with Crippen LogP contribution in [0.15, 0.2) is 12.2 Å². The standard InChI is InChI=1S/C5H10O4P2/c1-3-4-5-8-11(7)9-10(2)6/h3-4H,5H2,1-2H3/q+2/b4-3+. The van der Waals surface area contributed by atoms with Crippen molar-refractivity contribution < 1.29 is 18.0 Å². The van der Waals surface area contributed by atoms with Gasteiger partial charge in [-0.15, -0.1) is 4.52 Å². The lowest BCUT2D eigenvalue weighted by Crippen LogP contribution is -1.79. The van der Waals surface area contributed by atoms with Gasteiger partial charge in [0.05, 0.1) is 0 Å². The number of allylic oxidation sites excluding steroid dienone is 1. The predicted molar refractivity (Wildman–Crippen MR) is 43.0 cm³/mol. The Hall–Kier alpha value is -0.140. The Labute approximate surface area is 67.4 Å². The van der Waals surface area contributed by atoms with Crippen LogP contribution in [0.1, 0.15) is 6.92 Å². The summed E-state index contributed by atoms with van der Waals surface area (Å²) in [7, 11) is -4.06. The molecule has 0 aliphatic carbocycles. The van der Waals surface area contributed by atoms with E-state index in [1.807, 2.05) is 6.92 Å². The molecule has 0 bridgehead atoms. The van der Waals surface area contributed by atoms with Gasteiger partial charge < -0.3 is 0 Å². The van der Waals surface area contributed by atoms with Gasteiger partial charge in [0, 0.05) is 4.57 Å². The van der Waals surface area contributed by atoms with Crippen molar-refractivity contribution in [2.45, 2.75) is 6.92 Å². The minimum Gasteiger partial charge on any atom is -0.112 e. The number of hydrogen-bond acceptors (Lipinski definition) is 4. The van der Waals surface area contributed by atoms with E-state index in [1.165, 1.54) is 6.66 Å². The number of hydrogen-bond donors (Lipinski definition) is 0. The third-order valence-electron chi connectivity index (χ3n) is 0.694. The second-order valence-corrected chi connectivity index (χ2v) is 3.85. The molecule has 0 saturated heterocycles. The van der Waals surface area contributed by atoms with Gasteiger partial charge in [-0.25, -0.2) is 0 Å². The zero-order valence-corrected chi connectivity index (χ0v) is 8.18. The molecule has 0 N–H and O–H groups in total. The molecule has 0 heterocycles. The van der Waals surface area contributed by atoms with Crippen molar-refractivity contribution in [3.63, 3.8) is 0 Å². The summed E-state index contributed by atoms with van der Waals surface area (Å²) in [5, 5.41) is 0. The second kappa shape index (κ2) is 6.56. The van der Waals surface area contributed by atoms with Crippen LogP contribution >= 0.6 is 16.3 Å².